The van der Waals surface area contributed by atoms with E-state index in [1.54, 1.807) is 0 Å². The van der Waals surface area contributed by atoms with Crippen LogP contribution < -0.4 is 5.32 Å². The van der Waals surface area contributed by atoms with E-state index in [1.807, 2.05) is 19.2 Å². The highest BCUT2D eigenvalue weighted by atomic mass is 19.4. The molecule has 118 valence electrons. The molecule has 0 heterocycles. The number of hydrogen-bond acceptors (Lipinski definition) is 2. The lowest BCUT2D eigenvalue weighted by atomic mass is 9.77. The molecule has 1 aliphatic carbocycles. The molecule has 1 unspecified atom stereocenters. The summed E-state index contributed by atoms with van der Waals surface area (Å²) in [5.41, 5.74) is 2.53. The summed E-state index contributed by atoms with van der Waals surface area (Å²) in [4.78, 5) is 0. The lowest BCUT2D eigenvalue weighted by Gasteiger charge is -2.30. The Morgan fingerprint density at radius 1 is 1.29 bits per heavy atom. The molecule has 1 fully saturated rings. The second-order valence-electron chi connectivity index (χ2n) is 5.55. The average molecular weight is 301 g/mol. The Hall–Kier alpha value is -1.07. The molecule has 0 amide bonds. The van der Waals surface area contributed by atoms with Crippen LogP contribution in [0.25, 0.3) is 0 Å². The van der Waals surface area contributed by atoms with Crippen molar-refractivity contribution in [1.29, 1.82) is 0 Å². The first-order valence-corrected chi connectivity index (χ1v) is 7.42. The van der Waals surface area contributed by atoms with Crippen molar-refractivity contribution in [2.24, 2.45) is 0 Å². The van der Waals surface area contributed by atoms with E-state index in [1.165, 1.54) is 30.4 Å². The molecule has 1 N–H and O–H groups in total. The van der Waals surface area contributed by atoms with Gasteiger partial charge >= 0.3 is 6.18 Å². The van der Waals surface area contributed by atoms with E-state index >= 15 is 0 Å². The number of halogens is 3. The molecule has 1 aromatic carbocycles. The minimum atomic E-state index is -4.25. The van der Waals surface area contributed by atoms with Crippen LogP contribution in [-0.4, -0.2) is 26.4 Å². The third-order valence-corrected chi connectivity index (χ3v) is 4.08. The number of alkyl halides is 3. The van der Waals surface area contributed by atoms with Crippen LogP contribution in [0.3, 0.4) is 0 Å². The van der Waals surface area contributed by atoms with Gasteiger partial charge in [-0.2, -0.15) is 13.2 Å². The summed E-state index contributed by atoms with van der Waals surface area (Å²) in [5, 5.41) is 3.20. The lowest BCUT2D eigenvalue weighted by molar-refractivity contribution is -0.174. The molecule has 1 atom stereocenters. The van der Waals surface area contributed by atoms with E-state index in [0.717, 1.165) is 0 Å². The van der Waals surface area contributed by atoms with Crippen LogP contribution in [0.4, 0.5) is 13.2 Å². The Morgan fingerprint density at radius 2 is 2.00 bits per heavy atom. The normalized spacial score (nSPS) is 17.5. The first-order valence-electron chi connectivity index (χ1n) is 7.42. The smallest absolute Gasteiger partial charge is 0.372 e. The maximum Gasteiger partial charge on any atom is 0.411 e. The lowest BCUT2D eigenvalue weighted by Crippen LogP contribution is -2.23. The Bertz CT molecular complexity index is 443. The first kappa shape index (κ1) is 16.3. The summed E-state index contributed by atoms with van der Waals surface area (Å²) in [6.07, 6.45) is -0.0384. The second kappa shape index (κ2) is 7.27. The third kappa shape index (κ3) is 4.71. The van der Waals surface area contributed by atoms with E-state index in [-0.39, 0.29) is 12.6 Å². The Kier molecular flexibility index (Phi) is 5.65. The molecule has 0 radical (unpaired) electrons. The van der Waals surface area contributed by atoms with Crippen molar-refractivity contribution in [3.63, 3.8) is 0 Å². The molecule has 5 heteroatoms. The van der Waals surface area contributed by atoms with Gasteiger partial charge < -0.3 is 10.1 Å². The Morgan fingerprint density at radius 3 is 2.57 bits per heavy atom. The molecular formula is C16H22F3NO. The number of nitrogens with one attached hydrogen (secondary N) is 1. The quantitative estimate of drug-likeness (QED) is 0.763. The monoisotopic (exact) mass is 301 g/mol. The molecule has 1 aromatic rings. The van der Waals surface area contributed by atoms with Crippen LogP contribution in [0.5, 0.6) is 0 Å². The van der Waals surface area contributed by atoms with Crippen molar-refractivity contribution in [2.45, 2.75) is 43.8 Å². The van der Waals surface area contributed by atoms with Crippen molar-refractivity contribution >= 4 is 0 Å². The fourth-order valence-corrected chi connectivity index (χ4v) is 2.76. The molecular weight excluding hydrogens is 279 g/mol. The van der Waals surface area contributed by atoms with Crippen LogP contribution in [0, 0.1) is 0 Å². The van der Waals surface area contributed by atoms with E-state index in [2.05, 4.69) is 17.4 Å². The van der Waals surface area contributed by atoms with E-state index < -0.39 is 12.8 Å². The molecule has 2 nitrogen and oxygen atoms in total. The van der Waals surface area contributed by atoms with Crippen LogP contribution in [0.15, 0.2) is 24.3 Å². The number of ether oxygens (including phenoxy) is 1. The molecule has 0 spiro atoms. The van der Waals surface area contributed by atoms with E-state index in [0.29, 0.717) is 12.3 Å². The van der Waals surface area contributed by atoms with Gasteiger partial charge in [-0.25, -0.2) is 0 Å². The van der Waals surface area contributed by atoms with Gasteiger partial charge in [0.25, 0.3) is 0 Å². The van der Waals surface area contributed by atoms with Crippen LogP contribution in [0.2, 0.25) is 0 Å². The van der Waals surface area contributed by atoms with Gasteiger partial charge in [0.05, 0.1) is 0 Å². The zero-order valence-electron chi connectivity index (χ0n) is 12.2. The average Bonchev–Trinajstić information content (AvgIpc) is 2.37. The van der Waals surface area contributed by atoms with Crippen molar-refractivity contribution in [3.8, 4) is 0 Å². The highest BCUT2D eigenvalue weighted by molar-refractivity contribution is 5.34. The fraction of sp³-hybridized carbons (Fsp3) is 0.625. The van der Waals surface area contributed by atoms with Gasteiger partial charge in [0, 0.05) is 12.6 Å². The minimum Gasteiger partial charge on any atom is -0.372 e. The number of hydrogen-bond donors (Lipinski definition) is 1. The molecule has 2 rings (SSSR count). The zero-order valence-corrected chi connectivity index (χ0v) is 12.2. The van der Waals surface area contributed by atoms with Gasteiger partial charge in [0.1, 0.15) is 6.61 Å². The van der Waals surface area contributed by atoms with Gasteiger partial charge in [0.15, 0.2) is 0 Å². The minimum absolute atomic E-state index is 0.0371. The number of benzene rings is 1. The third-order valence-electron chi connectivity index (χ3n) is 4.08. The molecule has 0 aromatic heterocycles. The largest absolute Gasteiger partial charge is 0.411 e. The van der Waals surface area contributed by atoms with Gasteiger partial charge in [-0.15, -0.1) is 0 Å². The highest BCUT2D eigenvalue weighted by Crippen LogP contribution is 2.39. The molecule has 0 aliphatic heterocycles. The highest BCUT2D eigenvalue weighted by Gasteiger charge is 2.28. The molecule has 1 aliphatic rings. The zero-order chi connectivity index (χ0) is 15.3. The van der Waals surface area contributed by atoms with Crippen molar-refractivity contribution in [2.75, 3.05) is 20.3 Å². The van der Waals surface area contributed by atoms with E-state index in [9.17, 15) is 13.2 Å². The fourth-order valence-electron chi connectivity index (χ4n) is 2.76. The Labute approximate surface area is 123 Å². The van der Waals surface area contributed by atoms with Crippen molar-refractivity contribution in [1.82, 2.24) is 5.32 Å². The van der Waals surface area contributed by atoms with Gasteiger partial charge in [-0.05, 0) is 43.4 Å². The summed E-state index contributed by atoms with van der Waals surface area (Å²) >= 11 is 0. The van der Waals surface area contributed by atoms with Gasteiger partial charge in [-0.3, -0.25) is 0 Å². The van der Waals surface area contributed by atoms with Crippen molar-refractivity contribution in [3.05, 3.63) is 35.4 Å². The molecule has 0 bridgehead atoms. The Balaban J connectivity index is 1.94. The second-order valence-corrected chi connectivity index (χ2v) is 5.55. The van der Waals surface area contributed by atoms with Gasteiger partial charge in [-0.1, -0.05) is 30.7 Å². The number of rotatable bonds is 7. The maximum absolute atomic E-state index is 12.1. The standard InChI is InChI=1S/C16H22F3NO/c1-20-15(9-10-21-11-16(17,18)19)14-8-3-2-7-13(14)12-5-4-6-12/h2-3,7-8,12,15,20H,4-6,9-11H2,1H3. The van der Waals surface area contributed by atoms with Crippen LogP contribution >= 0.6 is 0 Å². The summed E-state index contributed by atoms with van der Waals surface area (Å²) in [7, 11) is 1.84. The maximum atomic E-state index is 12.1. The predicted octanol–water partition coefficient (Wildman–Crippen LogP) is 4.18. The molecule has 0 saturated heterocycles. The first-order chi connectivity index (χ1) is 10.0. The van der Waals surface area contributed by atoms with Crippen LogP contribution in [-0.2, 0) is 4.74 Å². The van der Waals surface area contributed by atoms with E-state index in [4.69, 9.17) is 4.74 Å². The van der Waals surface area contributed by atoms with Crippen molar-refractivity contribution < 1.29 is 17.9 Å². The molecule has 1 saturated carbocycles. The molecule has 21 heavy (non-hydrogen) atoms. The summed E-state index contributed by atoms with van der Waals surface area (Å²) in [6.45, 7) is -1.07. The van der Waals surface area contributed by atoms with Gasteiger partial charge in [0.2, 0.25) is 0 Å². The predicted molar refractivity (Wildman–Crippen MR) is 76.3 cm³/mol. The van der Waals surface area contributed by atoms with Crippen LogP contribution in [0.1, 0.15) is 48.8 Å². The summed E-state index contributed by atoms with van der Waals surface area (Å²) < 4.78 is 40.9. The topological polar surface area (TPSA) is 21.3 Å². The SMILES string of the molecule is CNC(CCOCC(F)(F)F)c1ccccc1C1CCC1. The summed E-state index contributed by atoms with van der Waals surface area (Å²) in [5.74, 6) is 0.605. The summed E-state index contributed by atoms with van der Waals surface area (Å²) in [6, 6.07) is 8.26.